The van der Waals surface area contributed by atoms with Crippen LogP contribution in [0.5, 0.6) is 0 Å². The minimum atomic E-state index is -0.351. The maximum atomic E-state index is 12.5. The first kappa shape index (κ1) is 18.1. The summed E-state index contributed by atoms with van der Waals surface area (Å²) < 4.78 is 5.72. The molecule has 2 aromatic carbocycles. The van der Waals surface area contributed by atoms with E-state index in [4.69, 9.17) is 4.74 Å². The Morgan fingerprint density at radius 2 is 1.69 bits per heavy atom. The normalized spacial score (nSPS) is 11.4. The van der Waals surface area contributed by atoms with E-state index in [1.165, 1.54) is 24.0 Å². The summed E-state index contributed by atoms with van der Waals surface area (Å²) >= 11 is 1.37. The van der Waals surface area contributed by atoms with Crippen molar-refractivity contribution in [1.82, 2.24) is 0 Å². The summed E-state index contributed by atoms with van der Waals surface area (Å²) in [6.07, 6.45) is 0. The molecule has 0 aliphatic rings. The van der Waals surface area contributed by atoms with Gasteiger partial charge in [-0.15, -0.1) is 11.3 Å². The van der Waals surface area contributed by atoms with E-state index in [2.05, 4.69) is 26.1 Å². The van der Waals surface area contributed by atoms with Crippen molar-refractivity contribution in [2.75, 3.05) is 12.4 Å². The number of esters is 1. The molecule has 0 unspecified atom stereocenters. The third-order valence-corrected chi connectivity index (χ3v) is 5.27. The number of fused-ring (bicyclic) bond motifs is 1. The number of methoxy groups -OCH3 is 1. The molecular formula is C21H21NO3S. The van der Waals surface area contributed by atoms with Gasteiger partial charge in [0.2, 0.25) is 0 Å². The lowest BCUT2D eigenvalue weighted by Gasteiger charge is -2.19. The zero-order valence-corrected chi connectivity index (χ0v) is 16.1. The third-order valence-electron chi connectivity index (χ3n) is 4.17. The van der Waals surface area contributed by atoms with Gasteiger partial charge in [0.15, 0.2) is 0 Å². The Balaban J connectivity index is 1.79. The van der Waals surface area contributed by atoms with Gasteiger partial charge in [-0.05, 0) is 52.8 Å². The van der Waals surface area contributed by atoms with Gasteiger partial charge in [0.05, 0.1) is 7.11 Å². The highest BCUT2D eigenvalue weighted by Crippen LogP contribution is 2.29. The van der Waals surface area contributed by atoms with Gasteiger partial charge in [0, 0.05) is 16.0 Å². The summed E-state index contributed by atoms with van der Waals surface area (Å²) in [7, 11) is 1.36. The van der Waals surface area contributed by atoms with Crippen LogP contribution in [0.25, 0.3) is 10.1 Å². The number of carbonyl (C=O) groups excluding carboxylic acids is 2. The Labute approximate surface area is 156 Å². The van der Waals surface area contributed by atoms with Crippen LogP contribution in [0.3, 0.4) is 0 Å². The van der Waals surface area contributed by atoms with Crippen LogP contribution < -0.4 is 5.32 Å². The predicted octanol–water partition coefficient (Wildman–Crippen LogP) is 5.24. The monoisotopic (exact) mass is 367 g/mol. The van der Waals surface area contributed by atoms with Crippen LogP contribution in [-0.2, 0) is 10.2 Å². The van der Waals surface area contributed by atoms with Gasteiger partial charge in [0.25, 0.3) is 5.91 Å². The summed E-state index contributed by atoms with van der Waals surface area (Å²) in [5.74, 6) is -0.510. The summed E-state index contributed by atoms with van der Waals surface area (Å²) in [4.78, 5) is 24.7. The lowest BCUT2D eigenvalue weighted by atomic mass is 9.87. The molecule has 3 rings (SSSR count). The molecule has 0 atom stereocenters. The van der Waals surface area contributed by atoms with Crippen LogP contribution in [-0.4, -0.2) is 19.0 Å². The van der Waals surface area contributed by atoms with Crippen molar-refractivity contribution in [2.45, 2.75) is 26.2 Å². The number of benzene rings is 2. The van der Waals surface area contributed by atoms with Gasteiger partial charge in [-0.2, -0.15) is 0 Å². The van der Waals surface area contributed by atoms with Crippen molar-refractivity contribution in [2.24, 2.45) is 0 Å². The first-order chi connectivity index (χ1) is 12.3. The van der Waals surface area contributed by atoms with Gasteiger partial charge < -0.3 is 10.1 Å². The molecule has 1 N–H and O–H groups in total. The van der Waals surface area contributed by atoms with E-state index in [-0.39, 0.29) is 17.3 Å². The quantitative estimate of drug-likeness (QED) is 0.644. The molecular weight excluding hydrogens is 346 g/mol. The number of carbonyl (C=O) groups is 2. The number of thiophene rings is 1. The van der Waals surface area contributed by atoms with Crippen molar-refractivity contribution < 1.29 is 14.3 Å². The minimum Gasteiger partial charge on any atom is -0.465 e. The van der Waals surface area contributed by atoms with E-state index in [1.54, 1.807) is 6.07 Å². The molecule has 4 nitrogen and oxygen atoms in total. The number of hydrogen-bond donors (Lipinski definition) is 1. The highest BCUT2D eigenvalue weighted by Gasteiger charge is 2.15. The molecule has 26 heavy (non-hydrogen) atoms. The van der Waals surface area contributed by atoms with E-state index in [0.717, 1.165) is 10.1 Å². The predicted molar refractivity (Wildman–Crippen MR) is 106 cm³/mol. The number of nitrogens with one attached hydrogen (secondary N) is 1. The summed E-state index contributed by atoms with van der Waals surface area (Å²) in [5.41, 5.74) is 2.54. The standard InChI is InChI=1S/C21H21NO3S/c1-21(2,3)15-7-5-13(6-8-15)19(23)22-16-9-10-17-14(11-16)12-18(26-17)20(24)25-4/h5-12H,1-4H3,(H,22,23). The Morgan fingerprint density at radius 1 is 1.00 bits per heavy atom. The summed E-state index contributed by atoms with van der Waals surface area (Å²) in [5, 5.41) is 3.81. The van der Waals surface area contributed by atoms with Crippen LogP contribution >= 0.6 is 11.3 Å². The Morgan fingerprint density at radius 3 is 2.31 bits per heavy atom. The molecule has 1 aromatic heterocycles. The highest BCUT2D eigenvalue weighted by atomic mass is 32.1. The van der Waals surface area contributed by atoms with Gasteiger partial charge in [0.1, 0.15) is 4.88 Å². The summed E-state index contributed by atoms with van der Waals surface area (Å²) in [6, 6.07) is 15.0. The maximum absolute atomic E-state index is 12.5. The molecule has 0 aliphatic carbocycles. The lowest BCUT2D eigenvalue weighted by molar-refractivity contribution is 0.0606. The second-order valence-electron chi connectivity index (χ2n) is 7.14. The van der Waals surface area contributed by atoms with Crippen LogP contribution in [0.1, 0.15) is 46.4 Å². The fourth-order valence-corrected chi connectivity index (χ4v) is 3.61. The van der Waals surface area contributed by atoms with Crippen molar-refractivity contribution >= 4 is 39.0 Å². The van der Waals surface area contributed by atoms with Crippen molar-refractivity contribution in [3.05, 3.63) is 64.5 Å². The molecule has 0 fully saturated rings. The van der Waals surface area contributed by atoms with E-state index in [0.29, 0.717) is 16.1 Å². The Hall–Kier alpha value is -2.66. The van der Waals surface area contributed by atoms with Gasteiger partial charge >= 0.3 is 5.97 Å². The molecule has 0 saturated heterocycles. The smallest absolute Gasteiger partial charge is 0.348 e. The highest BCUT2D eigenvalue weighted by molar-refractivity contribution is 7.20. The lowest BCUT2D eigenvalue weighted by Crippen LogP contribution is -2.14. The van der Waals surface area contributed by atoms with Crippen LogP contribution in [0.15, 0.2) is 48.5 Å². The number of anilines is 1. The largest absolute Gasteiger partial charge is 0.465 e. The first-order valence-corrected chi connectivity index (χ1v) is 9.13. The molecule has 134 valence electrons. The van der Waals surface area contributed by atoms with Crippen molar-refractivity contribution in [3.8, 4) is 0 Å². The fraction of sp³-hybridized carbons (Fsp3) is 0.238. The number of ether oxygens (including phenoxy) is 1. The second kappa shape index (κ2) is 6.92. The summed E-state index contributed by atoms with van der Waals surface area (Å²) in [6.45, 7) is 6.42. The molecule has 1 amide bonds. The van der Waals surface area contributed by atoms with Crippen LogP contribution in [0, 0.1) is 0 Å². The fourth-order valence-electron chi connectivity index (χ4n) is 2.65. The van der Waals surface area contributed by atoms with Crippen LogP contribution in [0.4, 0.5) is 5.69 Å². The second-order valence-corrected chi connectivity index (χ2v) is 8.22. The van der Waals surface area contributed by atoms with Gasteiger partial charge in [-0.1, -0.05) is 32.9 Å². The molecule has 0 bridgehead atoms. The number of hydrogen-bond acceptors (Lipinski definition) is 4. The third kappa shape index (κ3) is 3.78. The molecule has 3 aromatic rings. The van der Waals surface area contributed by atoms with Crippen molar-refractivity contribution in [1.29, 1.82) is 0 Å². The minimum absolute atomic E-state index is 0.0519. The Bertz CT molecular complexity index is 965. The average molecular weight is 367 g/mol. The molecule has 0 aliphatic heterocycles. The van der Waals surface area contributed by atoms with E-state index in [9.17, 15) is 9.59 Å². The first-order valence-electron chi connectivity index (χ1n) is 8.32. The maximum Gasteiger partial charge on any atom is 0.348 e. The zero-order chi connectivity index (χ0) is 18.9. The molecule has 0 radical (unpaired) electrons. The Kier molecular flexibility index (Phi) is 4.83. The molecule has 1 heterocycles. The number of rotatable bonds is 3. The molecule has 0 spiro atoms. The zero-order valence-electron chi connectivity index (χ0n) is 15.3. The SMILES string of the molecule is COC(=O)c1cc2cc(NC(=O)c3ccc(C(C)(C)C)cc3)ccc2s1. The van der Waals surface area contributed by atoms with E-state index in [1.807, 2.05) is 42.5 Å². The van der Waals surface area contributed by atoms with E-state index < -0.39 is 0 Å². The van der Waals surface area contributed by atoms with Crippen LogP contribution in [0.2, 0.25) is 0 Å². The molecule has 5 heteroatoms. The van der Waals surface area contributed by atoms with Gasteiger partial charge in [-0.3, -0.25) is 4.79 Å². The van der Waals surface area contributed by atoms with E-state index >= 15 is 0 Å². The molecule has 0 saturated carbocycles. The topological polar surface area (TPSA) is 55.4 Å². The number of amides is 1. The average Bonchev–Trinajstić information content (AvgIpc) is 3.03. The van der Waals surface area contributed by atoms with Crippen molar-refractivity contribution in [3.63, 3.8) is 0 Å². The van der Waals surface area contributed by atoms with Gasteiger partial charge in [-0.25, -0.2) is 4.79 Å².